The number of thioether (sulfide) groups is 1. The summed E-state index contributed by atoms with van der Waals surface area (Å²) in [5.41, 5.74) is 0.887. The van der Waals surface area contributed by atoms with Crippen molar-refractivity contribution in [2.45, 2.75) is 11.7 Å². The lowest BCUT2D eigenvalue weighted by molar-refractivity contribution is -0.126. The van der Waals surface area contributed by atoms with E-state index in [2.05, 4.69) is 0 Å². The first-order valence-corrected chi connectivity index (χ1v) is 8.98. The fraction of sp³-hybridized carbons (Fsp3) is 0.263. The van der Waals surface area contributed by atoms with Crippen LogP contribution >= 0.6 is 11.8 Å². The van der Waals surface area contributed by atoms with Gasteiger partial charge in [-0.15, -0.1) is 0 Å². The number of nitrogens with zero attached hydrogens (tertiary/aromatic N) is 1. The Balaban J connectivity index is 1.57. The first kappa shape index (κ1) is 18.3. The number of para-hydroxylation sites is 1. The van der Waals surface area contributed by atoms with E-state index in [1.807, 2.05) is 24.3 Å². The molecule has 0 N–H and O–H groups in total. The molecule has 0 unspecified atom stereocenters. The van der Waals surface area contributed by atoms with Gasteiger partial charge in [0.1, 0.15) is 23.9 Å². The van der Waals surface area contributed by atoms with Crippen LogP contribution in [0.4, 0.5) is 9.18 Å². The zero-order chi connectivity index (χ0) is 18.5. The maximum absolute atomic E-state index is 12.9. The first-order chi connectivity index (χ1) is 12.6. The smallest absolute Gasteiger partial charge is 0.289 e. The van der Waals surface area contributed by atoms with Crippen LogP contribution in [0.3, 0.4) is 0 Å². The summed E-state index contributed by atoms with van der Waals surface area (Å²) in [5, 5.41) is -0.748. The third-order valence-electron chi connectivity index (χ3n) is 4.00. The highest BCUT2D eigenvalue weighted by molar-refractivity contribution is 8.15. The van der Waals surface area contributed by atoms with E-state index in [0.717, 1.165) is 17.3 Å². The van der Waals surface area contributed by atoms with Crippen molar-refractivity contribution in [3.05, 3.63) is 59.9 Å². The van der Waals surface area contributed by atoms with Gasteiger partial charge in [-0.25, -0.2) is 4.39 Å². The maximum Gasteiger partial charge on any atom is 0.289 e. The Bertz CT molecular complexity index is 796. The molecular weight excluding hydrogens is 357 g/mol. The van der Waals surface area contributed by atoms with Crippen LogP contribution in [0.5, 0.6) is 11.5 Å². The summed E-state index contributed by atoms with van der Waals surface area (Å²) in [4.78, 5) is 25.9. The van der Waals surface area contributed by atoms with Crippen LogP contribution in [0, 0.1) is 5.82 Å². The van der Waals surface area contributed by atoms with E-state index in [1.165, 1.54) is 29.2 Å². The zero-order valence-electron chi connectivity index (χ0n) is 14.2. The quantitative estimate of drug-likeness (QED) is 0.741. The van der Waals surface area contributed by atoms with Gasteiger partial charge in [-0.1, -0.05) is 30.0 Å². The molecule has 26 heavy (non-hydrogen) atoms. The molecule has 0 saturated carbocycles. The van der Waals surface area contributed by atoms with Crippen molar-refractivity contribution in [2.24, 2.45) is 0 Å². The van der Waals surface area contributed by atoms with E-state index in [-0.39, 0.29) is 30.1 Å². The number of hydrogen-bond donors (Lipinski definition) is 0. The van der Waals surface area contributed by atoms with E-state index >= 15 is 0 Å². The van der Waals surface area contributed by atoms with Gasteiger partial charge in [0.05, 0.1) is 18.9 Å². The number of carbonyl (C=O) groups excluding carboxylic acids is 2. The lowest BCUT2D eigenvalue weighted by Crippen LogP contribution is -2.35. The van der Waals surface area contributed by atoms with Gasteiger partial charge in [0.25, 0.3) is 5.24 Å². The van der Waals surface area contributed by atoms with E-state index in [9.17, 15) is 14.0 Å². The molecule has 1 aliphatic heterocycles. The van der Waals surface area contributed by atoms with Crippen molar-refractivity contribution in [3.63, 3.8) is 0 Å². The van der Waals surface area contributed by atoms with Gasteiger partial charge in [0.15, 0.2) is 0 Å². The summed E-state index contributed by atoms with van der Waals surface area (Å²) >= 11 is 1.02. The second-order valence-electron chi connectivity index (χ2n) is 5.68. The normalized spacial score (nSPS) is 16.8. The topological polar surface area (TPSA) is 55.8 Å². The number of rotatable bonds is 7. The summed E-state index contributed by atoms with van der Waals surface area (Å²) in [5.74, 6) is 0.613. The van der Waals surface area contributed by atoms with Crippen LogP contribution in [-0.4, -0.2) is 41.6 Å². The van der Waals surface area contributed by atoms with E-state index in [4.69, 9.17) is 9.47 Å². The SMILES string of the molecule is COc1ccccc1C[C@@H]1SC(=O)N(CCOc2ccc(F)cc2)C1=O. The third kappa shape index (κ3) is 4.16. The van der Waals surface area contributed by atoms with Crippen LogP contribution in [0.1, 0.15) is 5.56 Å². The van der Waals surface area contributed by atoms with E-state index < -0.39 is 5.25 Å². The molecule has 5 nitrogen and oxygen atoms in total. The number of ether oxygens (including phenoxy) is 2. The van der Waals surface area contributed by atoms with Crippen LogP contribution in [-0.2, 0) is 11.2 Å². The average Bonchev–Trinajstić information content (AvgIpc) is 2.91. The minimum Gasteiger partial charge on any atom is -0.496 e. The van der Waals surface area contributed by atoms with Gasteiger partial charge in [-0.05, 0) is 42.3 Å². The molecule has 1 atom stereocenters. The number of hydrogen-bond acceptors (Lipinski definition) is 5. The number of amides is 2. The Hall–Kier alpha value is -2.54. The van der Waals surface area contributed by atoms with Crippen molar-refractivity contribution < 1.29 is 23.5 Å². The van der Waals surface area contributed by atoms with Crippen LogP contribution < -0.4 is 9.47 Å². The Labute approximate surface area is 155 Å². The molecular formula is C19H18FNO4S. The molecule has 0 aliphatic carbocycles. The number of benzene rings is 2. The van der Waals surface area contributed by atoms with Gasteiger partial charge < -0.3 is 9.47 Å². The molecule has 7 heteroatoms. The second-order valence-corrected chi connectivity index (χ2v) is 6.83. The summed E-state index contributed by atoms with van der Waals surface area (Å²) in [7, 11) is 1.58. The monoisotopic (exact) mass is 375 g/mol. The van der Waals surface area contributed by atoms with Crippen LogP contribution in [0.25, 0.3) is 0 Å². The minimum absolute atomic E-state index is 0.157. The number of halogens is 1. The summed E-state index contributed by atoms with van der Waals surface area (Å²) in [6.07, 6.45) is 0.425. The van der Waals surface area contributed by atoms with Gasteiger partial charge in [-0.3, -0.25) is 14.5 Å². The fourth-order valence-corrected chi connectivity index (χ4v) is 3.73. The molecule has 0 spiro atoms. The van der Waals surface area contributed by atoms with Gasteiger partial charge >= 0.3 is 0 Å². The van der Waals surface area contributed by atoms with Gasteiger partial charge in [-0.2, -0.15) is 0 Å². The lowest BCUT2D eigenvalue weighted by atomic mass is 10.1. The molecule has 1 saturated heterocycles. The molecule has 2 aromatic carbocycles. The van der Waals surface area contributed by atoms with Crippen molar-refractivity contribution in [3.8, 4) is 11.5 Å². The standard InChI is InChI=1S/C19H18FNO4S/c1-24-16-5-3-2-4-13(16)12-17-18(22)21(19(23)26-17)10-11-25-15-8-6-14(20)7-9-15/h2-9,17H,10-12H2,1H3/t17-/m0/s1. The summed E-state index contributed by atoms with van der Waals surface area (Å²) in [6, 6.07) is 13.0. The van der Waals surface area contributed by atoms with Crippen molar-refractivity contribution in [1.82, 2.24) is 4.90 Å². The molecule has 1 heterocycles. The van der Waals surface area contributed by atoms with Crippen molar-refractivity contribution >= 4 is 22.9 Å². The Morgan fingerprint density at radius 3 is 2.58 bits per heavy atom. The molecule has 3 rings (SSSR count). The molecule has 1 aliphatic rings. The first-order valence-electron chi connectivity index (χ1n) is 8.10. The average molecular weight is 375 g/mol. The Morgan fingerprint density at radius 1 is 1.12 bits per heavy atom. The fourth-order valence-electron chi connectivity index (χ4n) is 2.69. The molecule has 136 valence electrons. The van der Waals surface area contributed by atoms with Crippen molar-refractivity contribution in [1.29, 1.82) is 0 Å². The van der Waals surface area contributed by atoms with Crippen molar-refractivity contribution in [2.75, 3.05) is 20.3 Å². The lowest BCUT2D eigenvalue weighted by Gasteiger charge is -2.15. The third-order valence-corrected chi connectivity index (χ3v) is 5.07. The number of imide groups is 1. The number of methoxy groups -OCH3 is 1. The Morgan fingerprint density at radius 2 is 1.85 bits per heavy atom. The number of carbonyl (C=O) groups is 2. The zero-order valence-corrected chi connectivity index (χ0v) is 15.0. The summed E-state index contributed by atoms with van der Waals surface area (Å²) < 4.78 is 23.6. The molecule has 2 amide bonds. The highest BCUT2D eigenvalue weighted by Crippen LogP contribution is 2.31. The van der Waals surface area contributed by atoms with Crippen LogP contribution in [0.2, 0.25) is 0 Å². The van der Waals surface area contributed by atoms with Crippen LogP contribution in [0.15, 0.2) is 48.5 Å². The largest absolute Gasteiger partial charge is 0.496 e. The molecule has 0 radical (unpaired) electrons. The van der Waals surface area contributed by atoms with Gasteiger partial charge in [0.2, 0.25) is 5.91 Å². The highest BCUT2D eigenvalue weighted by atomic mass is 32.2. The Kier molecular flexibility index (Phi) is 5.78. The predicted molar refractivity (Wildman–Crippen MR) is 97.1 cm³/mol. The van der Waals surface area contributed by atoms with E-state index in [1.54, 1.807) is 7.11 Å². The minimum atomic E-state index is -0.468. The highest BCUT2D eigenvalue weighted by Gasteiger charge is 2.39. The molecule has 0 aromatic heterocycles. The van der Waals surface area contributed by atoms with E-state index in [0.29, 0.717) is 17.9 Å². The molecule has 0 bridgehead atoms. The summed E-state index contributed by atoms with van der Waals surface area (Å²) in [6.45, 7) is 0.315. The second kappa shape index (κ2) is 8.23. The van der Waals surface area contributed by atoms with Gasteiger partial charge in [0, 0.05) is 0 Å². The molecule has 2 aromatic rings. The predicted octanol–water partition coefficient (Wildman–Crippen LogP) is 3.52. The maximum atomic E-state index is 12.9. The molecule has 1 fully saturated rings.